The smallest absolute Gasteiger partial charge is 0.410 e. The first-order valence-corrected chi connectivity index (χ1v) is 8.20. The van der Waals surface area contributed by atoms with Crippen molar-refractivity contribution in [1.82, 2.24) is 14.9 Å². The largest absolute Gasteiger partial charge is 0.490 e. The number of nitrogens with one attached hydrogen (secondary N) is 1. The molecular formula is C17H25BrN4O3. The first-order chi connectivity index (χ1) is 11.3. The zero-order valence-electron chi connectivity index (χ0n) is 14.7. The molecule has 0 spiro atoms. The Morgan fingerprint density at radius 3 is 2.64 bits per heavy atom. The van der Waals surface area contributed by atoms with Crippen LogP contribution in [-0.2, 0) is 4.74 Å². The molecule has 1 aromatic heterocycles. The van der Waals surface area contributed by atoms with Crippen LogP contribution < -0.4 is 10.5 Å². The van der Waals surface area contributed by atoms with Gasteiger partial charge in [0.05, 0.1) is 11.0 Å². The van der Waals surface area contributed by atoms with E-state index in [-0.39, 0.29) is 29.2 Å². The third-order valence-corrected chi connectivity index (χ3v) is 3.87. The summed E-state index contributed by atoms with van der Waals surface area (Å²) in [5.41, 5.74) is 6.87. The van der Waals surface area contributed by atoms with E-state index in [4.69, 9.17) is 15.2 Å². The molecule has 138 valence electrons. The van der Waals surface area contributed by atoms with Gasteiger partial charge in [0.1, 0.15) is 17.5 Å². The van der Waals surface area contributed by atoms with E-state index in [1.165, 1.54) is 0 Å². The number of piperidine rings is 1. The van der Waals surface area contributed by atoms with Crippen molar-refractivity contribution in [3.05, 3.63) is 18.2 Å². The molecule has 2 heterocycles. The minimum atomic E-state index is -0.467. The zero-order valence-corrected chi connectivity index (χ0v) is 16.5. The van der Waals surface area contributed by atoms with Gasteiger partial charge in [0.15, 0.2) is 5.95 Å². The Kier molecular flexibility index (Phi) is 5.82. The molecule has 0 saturated carbocycles. The summed E-state index contributed by atoms with van der Waals surface area (Å²) in [7, 11) is 0. The molecule has 0 aliphatic carbocycles. The fourth-order valence-corrected chi connectivity index (χ4v) is 2.75. The number of aromatic amines is 1. The van der Waals surface area contributed by atoms with E-state index in [0.29, 0.717) is 19.0 Å². The van der Waals surface area contributed by atoms with Crippen LogP contribution in [-0.4, -0.2) is 45.8 Å². The Morgan fingerprint density at radius 2 is 2.00 bits per heavy atom. The second kappa shape index (κ2) is 7.51. The van der Waals surface area contributed by atoms with Crippen LogP contribution in [0.4, 0.5) is 10.7 Å². The van der Waals surface area contributed by atoms with Crippen molar-refractivity contribution in [2.75, 3.05) is 18.8 Å². The van der Waals surface area contributed by atoms with Crippen LogP contribution in [0, 0.1) is 0 Å². The molecule has 0 unspecified atom stereocenters. The minimum absolute atomic E-state index is 0. The van der Waals surface area contributed by atoms with Gasteiger partial charge in [-0.3, -0.25) is 0 Å². The lowest BCUT2D eigenvalue weighted by atomic mass is 10.1. The lowest BCUT2D eigenvalue weighted by molar-refractivity contribution is 0.0127. The molecule has 7 nitrogen and oxygen atoms in total. The van der Waals surface area contributed by atoms with E-state index in [1.54, 1.807) is 4.90 Å². The number of benzene rings is 1. The molecular weight excluding hydrogens is 388 g/mol. The van der Waals surface area contributed by atoms with Crippen LogP contribution in [0.3, 0.4) is 0 Å². The van der Waals surface area contributed by atoms with Gasteiger partial charge in [-0.15, -0.1) is 17.0 Å². The summed E-state index contributed by atoms with van der Waals surface area (Å²) in [4.78, 5) is 21.0. The fourth-order valence-electron chi connectivity index (χ4n) is 2.75. The highest BCUT2D eigenvalue weighted by atomic mass is 79.9. The van der Waals surface area contributed by atoms with Gasteiger partial charge < -0.3 is 25.1 Å². The van der Waals surface area contributed by atoms with Gasteiger partial charge in [0.25, 0.3) is 0 Å². The Bertz CT molecular complexity index is 733. The average Bonchev–Trinajstić information content (AvgIpc) is 2.85. The Labute approximate surface area is 157 Å². The minimum Gasteiger partial charge on any atom is -0.490 e. The normalized spacial score (nSPS) is 15.7. The lowest BCUT2D eigenvalue weighted by Gasteiger charge is -2.33. The highest BCUT2D eigenvalue weighted by molar-refractivity contribution is 8.93. The number of anilines is 1. The molecule has 3 N–H and O–H groups in total. The maximum Gasteiger partial charge on any atom is 0.410 e. The number of amides is 1. The number of nitrogens with two attached hydrogens (primary N) is 1. The SMILES string of the molecule is Br.CC(C)(C)OC(=O)N1CCC(Oc2ccc3[nH]c(N)nc3c2)CC1. The van der Waals surface area contributed by atoms with Crippen LogP contribution in [0.2, 0.25) is 0 Å². The number of nitrogens with zero attached hydrogens (tertiary/aromatic N) is 2. The fraction of sp³-hybridized carbons (Fsp3) is 0.529. The Hall–Kier alpha value is -1.96. The van der Waals surface area contributed by atoms with Crippen LogP contribution in [0.1, 0.15) is 33.6 Å². The van der Waals surface area contributed by atoms with Crippen molar-refractivity contribution < 1.29 is 14.3 Å². The van der Waals surface area contributed by atoms with Gasteiger partial charge in [0.2, 0.25) is 0 Å². The third kappa shape index (κ3) is 5.01. The number of ether oxygens (including phenoxy) is 2. The van der Waals surface area contributed by atoms with E-state index < -0.39 is 5.60 Å². The summed E-state index contributed by atoms with van der Waals surface area (Å²) >= 11 is 0. The zero-order chi connectivity index (χ0) is 17.3. The van der Waals surface area contributed by atoms with Gasteiger partial charge in [-0.05, 0) is 32.9 Å². The predicted octanol–water partition coefficient (Wildman–Crippen LogP) is 3.50. The molecule has 0 atom stereocenters. The summed E-state index contributed by atoms with van der Waals surface area (Å²) < 4.78 is 11.4. The molecule has 3 rings (SSSR count). The van der Waals surface area contributed by atoms with Crippen molar-refractivity contribution in [3.8, 4) is 5.75 Å². The standard InChI is InChI=1S/C17H24N4O3.BrH/c1-17(2,3)24-16(22)21-8-6-11(7-9-21)23-12-4-5-13-14(10-12)20-15(18)19-13;/h4-5,10-11H,6-9H2,1-3H3,(H3,18,19,20);1H. The van der Waals surface area contributed by atoms with Gasteiger partial charge in [0, 0.05) is 32.0 Å². The summed E-state index contributed by atoms with van der Waals surface area (Å²) in [5.74, 6) is 1.16. The molecule has 0 bridgehead atoms. The van der Waals surface area contributed by atoms with Crippen molar-refractivity contribution >= 4 is 40.1 Å². The molecule has 1 fully saturated rings. The maximum absolute atomic E-state index is 12.1. The molecule has 25 heavy (non-hydrogen) atoms. The Morgan fingerprint density at radius 1 is 1.32 bits per heavy atom. The van der Waals surface area contributed by atoms with E-state index in [2.05, 4.69) is 9.97 Å². The number of carbonyl (C=O) groups is 1. The number of aromatic nitrogens is 2. The van der Waals surface area contributed by atoms with E-state index in [9.17, 15) is 4.79 Å². The number of rotatable bonds is 2. The number of carbonyl (C=O) groups excluding carboxylic acids is 1. The van der Waals surface area contributed by atoms with E-state index in [1.807, 2.05) is 39.0 Å². The molecule has 8 heteroatoms. The number of H-pyrrole nitrogens is 1. The first kappa shape index (κ1) is 19.4. The van der Waals surface area contributed by atoms with Gasteiger partial charge in [-0.2, -0.15) is 0 Å². The highest BCUT2D eigenvalue weighted by Crippen LogP contribution is 2.24. The van der Waals surface area contributed by atoms with Crippen molar-refractivity contribution in [3.63, 3.8) is 0 Å². The average molecular weight is 413 g/mol. The maximum atomic E-state index is 12.1. The second-order valence-electron chi connectivity index (χ2n) is 7.09. The number of hydrogen-bond acceptors (Lipinski definition) is 5. The number of nitrogen functional groups attached to an aromatic ring is 1. The van der Waals surface area contributed by atoms with Crippen molar-refractivity contribution in [1.29, 1.82) is 0 Å². The summed E-state index contributed by atoms with van der Waals surface area (Å²) in [6, 6.07) is 5.69. The highest BCUT2D eigenvalue weighted by Gasteiger charge is 2.27. The number of imidazole rings is 1. The lowest BCUT2D eigenvalue weighted by Crippen LogP contribution is -2.44. The molecule has 1 aliphatic heterocycles. The summed E-state index contributed by atoms with van der Waals surface area (Å²) in [5, 5.41) is 0. The molecule has 1 saturated heterocycles. The third-order valence-electron chi connectivity index (χ3n) is 3.87. The summed E-state index contributed by atoms with van der Waals surface area (Å²) in [6.45, 7) is 6.89. The van der Waals surface area contributed by atoms with Crippen molar-refractivity contribution in [2.24, 2.45) is 0 Å². The number of hydrogen-bond donors (Lipinski definition) is 2. The predicted molar refractivity (Wildman–Crippen MR) is 102 cm³/mol. The second-order valence-corrected chi connectivity index (χ2v) is 7.09. The van der Waals surface area contributed by atoms with Gasteiger partial charge >= 0.3 is 6.09 Å². The summed E-state index contributed by atoms with van der Waals surface area (Å²) in [6.07, 6.45) is 1.38. The van der Waals surface area contributed by atoms with Crippen LogP contribution in [0.5, 0.6) is 5.75 Å². The first-order valence-electron chi connectivity index (χ1n) is 8.20. The van der Waals surface area contributed by atoms with Gasteiger partial charge in [-0.25, -0.2) is 9.78 Å². The Balaban J connectivity index is 0.00000225. The van der Waals surface area contributed by atoms with Crippen LogP contribution in [0.15, 0.2) is 18.2 Å². The van der Waals surface area contributed by atoms with Gasteiger partial charge in [-0.1, -0.05) is 0 Å². The number of halogens is 1. The molecule has 1 amide bonds. The molecule has 1 aliphatic rings. The number of likely N-dealkylation sites (tertiary alicyclic amines) is 1. The molecule has 0 radical (unpaired) electrons. The van der Waals surface area contributed by atoms with Crippen LogP contribution in [0.25, 0.3) is 11.0 Å². The van der Waals surface area contributed by atoms with E-state index in [0.717, 1.165) is 29.6 Å². The molecule has 1 aromatic carbocycles. The monoisotopic (exact) mass is 412 g/mol. The quantitative estimate of drug-likeness (QED) is 0.786. The van der Waals surface area contributed by atoms with Crippen molar-refractivity contribution in [2.45, 2.75) is 45.3 Å². The topological polar surface area (TPSA) is 93.5 Å². The van der Waals surface area contributed by atoms with Crippen LogP contribution >= 0.6 is 17.0 Å². The number of fused-ring (bicyclic) bond motifs is 1. The van der Waals surface area contributed by atoms with E-state index >= 15 is 0 Å². The molecule has 2 aromatic rings.